The van der Waals surface area contributed by atoms with Crippen LogP contribution in [0.25, 0.3) is 11.0 Å². The molecule has 0 radical (unpaired) electrons. The van der Waals surface area contributed by atoms with E-state index in [9.17, 15) is 5.11 Å². The zero-order chi connectivity index (χ0) is 15.2. The monoisotopic (exact) mass is 289 g/mol. The Kier molecular flexibility index (Phi) is 5.83. The largest absolute Gasteiger partial charge is 0.458 e. The molecule has 0 bridgehead atoms. The Labute approximate surface area is 127 Å². The van der Waals surface area contributed by atoms with E-state index in [1.54, 1.807) is 0 Å². The number of aliphatic hydroxyl groups excluding tert-OH is 1. The molecule has 0 saturated heterocycles. The molecule has 2 aromatic rings. The van der Waals surface area contributed by atoms with Crippen LogP contribution < -0.4 is 0 Å². The molecule has 2 rings (SSSR count). The lowest BCUT2D eigenvalue weighted by Gasteiger charge is -2.28. The van der Waals surface area contributed by atoms with Crippen molar-refractivity contribution in [2.24, 2.45) is 0 Å². The van der Waals surface area contributed by atoms with Gasteiger partial charge in [0.15, 0.2) is 0 Å². The van der Waals surface area contributed by atoms with Gasteiger partial charge in [-0.25, -0.2) is 0 Å². The molecule has 21 heavy (non-hydrogen) atoms. The summed E-state index contributed by atoms with van der Waals surface area (Å²) in [7, 11) is 0. The smallest absolute Gasteiger partial charge is 0.135 e. The molecule has 0 aliphatic heterocycles. The lowest BCUT2D eigenvalue weighted by molar-refractivity contribution is 0.0799. The Hall–Kier alpha value is -1.32. The van der Waals surface area contributed by atoms with Gasteiger partial charge in [-0.05, 0) is 38.9 Å². The van der Waals surface area contributed by atoms with Gasteiger partial charge in [-0.15, -0.1) is 0 Å². The van der Waals surface area contributed by atoms with Crippen molar-refractivity contribution < 1.29 is 9.52 Å². The normalized spacial score (nSPS) is 13.4. The van der Waals surface area contributed by atoms with Crippen LogP contribution in [0.4, 0.5) is 0 Å². The van der Waals surface area contributed by atoms with Gasteiger partial charge in [0.2, 0.25) is 0 Å². The molecule has 1 unspecified atom stereocenters. The number of benzene rings is 1. The number of unbranched alkanes of at least 4 members (excludes halogenated alkanes) is 2. The number of para-hydroxylation sites is 1. The fourth-order valence-electron chi connectivity index (χ4n) is 2.60. The van der Waals surface area contributed by atoms with Crippen LogP contribution in [0.3, 0.4) is 0 Å². The molecule has 1 heterocycles. The maximum atomic E-state index is 10.5. The van der Waals surface area contributed by atoms with Crippen molar-refractivity contribution in [3.63, 3.8) is 0 Å². The average Bonchev–Trinajstić information content (AvgIpc) is 2.90. The quantitative estimate of drug-likeness (QED) is 0.733. The van der Waals surface area contributed by atoms with Gasteiger partial charge in [-0.3, -0.25) is 4.90 Å². The summed E-state index contributed by atoms with van der Waals surface area (Å²) < 4.78 is 5.76. The molecule has 0 aliphatic carbocycles. The van der Waals surface area contributed by atoms with E-state index in [2.05, 4.69) is 25.7 Å². The molecular weight excluding hydrogens is 262 g/mol. The first-order valence-corrected chi connectivity index (χ1v) is 8.02. The molecule has 3 heteroatoms. The first-order valence-electron chi connectivity index (χ1n) is 8.02. The number of rotatable bonds is 8. The summed E-state index contributed by atoms with van der Waals surface area (Å²) in [4.78, 5) is 2.33. The first-order chi connectivity index (χ1) is 10.1. The van der Waals surface area contributed by atoms with Gasteiger partial charge in [0.1, 0.15) is 17.4 Å². The topological polar surface area (TPSA) is 36.6 Å². The lowest BCUT2D eigenvalue weighted by atomic mass is 10.1. The van der Waals surface area contributed by atoms with E-state index in [4.69, 9.17) is 4.42 Å². The molecular formula is C18H27NO2. The van der Waals surface area contributed by atoms with Gasteiger partial charge in [-0.1, -0.05) is 38.0 Å². The van der Waals surface area contributed by atoms with E-state index in [-0.39, 0.29) is 0 Å². The number of furan rings is 1. The molecule has 0 aliphatic rings. The highest BCUT2D eigenvalue weighted by Crippen LogP contribution is 2.24. The molecule has 0 saturated carbocycles. The minimum absolute atomic E-state index is 0.431. The van der Waals surface area contributed by atoms with Crippen molar-refractivity contribution in [1.29, 1.82) is 0 Å². The van der Waals surface area contributed by atoms with E-state index in [1.807, 2.05) is 30.3 Å². The van der Waals surface area contributed by atoms with Gasteiger partial charge >= 0.3 is 0 Å². The number of hydrogen-bond acceptors (Lipinski definition) is 3. The lowest BCUT2D eigenvalue weighted by Crippen LogP contribution is -2.35. The van der Waals surface area contributed by atoms with Crippen molar-refractivity contribution in [3.05, 3.63) is 36.1 Å². The Morgan fingerprint density at radius 1 is 1.19 bits per heavy atom. The molecule has 1 N–H and O–H groups in total. The zero-order valence-electron chi connectivity index (χ0n) is 13.4. The van der Waals surface area contributed by atoms with Crippen LogP contribution in [0.5, 0.6) is 0 Å². The standard InChI is InChI=1S/C18H27NO2/c1-4-5-8-11-19(14(2)3)13-16(20)18-12-15-9-6-7-10-17(15)21-18/h6-7,9-10,12,14,16,20H,4-5,8,11,13H2,1-3H3. The first kappa shape index (κ1) is 16.1. The maximum absolute atomic E-state index is 10.5. The van der Waals surface area contributed by atoms with Crippen LogP contribution in [-0.4, -0.2) is 29.1 Å². The average molecular weight is 289 g/mol. The minimum Gasteiger partial charge on any atom is -0.458 e. The summed E-state index contributed by atoms with van der Waals surface area (Å²) in [5.41, 5.74) is 0.841. The van der Waals surface area contributed by atoms with E-state index < -0.39 is 6.10 Å². The third kappa shape index (κ3) is 4.32. The zero-order valence-corrected chi connectivity index (χ0v) is 13.4. The fourth-order valence-corrected chi connectivity index (χ4v) is 2.60. The molecule has 1 atom stereocenters. The van der Waals surface area contributed by atoms with Gasteiger partial charge in [0.25, 0.3) is 0 Å². The van der Waals surface area contributed by atoms with E-state index in [0.717, 1.165) is 17.5 Å². The number of nitrogens with zero attached hydrogens (tertiary/aromatic N) is 1. The summed E-state index contributed by atoms with van der Waals surface area (Å²) in [5.74, 6) is 0.664. The molecule has 0 spiro atoms. The van der Waals surface area contributed by atoms with E-state index in [1.165, 1.54) is 19.3 Å². The number of fused-ring (bicyclic) bond motifs is 1. The van der Waals surface area contributed by atoms with Crippen LogP contribution >= 0.6 is 0 Å². The fraction of sp³-hybridized carbons (Fsp3) is 0.556. The number of aliphatic hydroxyl groups is 1. The highest BCUT2D eigenvalue weighted by Gasteiger charge is 2.19. The van der Waals surface area contributed by atoms with Crippen LogP contribution in [0.15, 0.2) is 34.7 Å². The Bertz CT molecular complexity index is 514. The van der Waals surface area contributed by atoms with Crippen molar-refractivity contribution in [3.8, 4) is 0 Å². The summed E-state index contributed by atoms with van der Waals surface area (Å²) in [5, 5.41) is 11.5. The van der Waals surface area contributed by atoms with Gasteiger partial charge < -0.3 is 9.52 Å². The summed E-state index contributed by atoms with van der Waals surface area (Å²) in [6.07, 6.45) is 3.07. The van der Waals surface area contributed by atoms with Gasteiger partial charge in [-0.2, -0.15) is 0 Å². The molecule has 3 nitrogen and oxygen atoms in total. The maximum Gasteiger partial charge on any atom is 0.135 e. The van der Waals surface area contributed by atoms with E-state index >= 15 is 0 Å². The predicted molar refractivity (Wildman–Crippen MR) is 87.4 cm³/mol. The minimum atomic E-state index is -0.568. The summed E-state index contributed by atoms with van der Waals surface area (Å²) >= 11 is 0. The Morgan fingerprint density at radius 3 is 2.62 bits per heavy atom. The van der Waals surface area contributed by atoms with Crippen LogP contribution in [0, 0.1) is 0 Å². The summed E-state index contributed by atoms with van der Waals surface area (Å²) in [6.45, 7) is 8.22. The van der Waals surface area contributed by atoms with Gasteiger partial charge in [0, 0.05) is 18.0 Å². The molecule has 1 aromatic carbocycles. The van der Waals surface area contributed by atoms with Crippen molar-refractivity contribution in [2.75, 3.05) is 13.1 Å². The highest BCUT2D eigenvalue weighted by atomic mass is 16.4. The van der Waals surface area contributed by atoms with Crippen molar-refractivity contribution in [2.45, 2.75) is 52.2 Å². The third-order valence-electron chi connectivity index (χ3n) is 3.96. The van der Waals surface area contributed by atoms with Crippen LogP contribution in [0.2, 0.25) is 0 Å². The molecule has 0 amide bonds. The highest BCUT2D eigenvalue weighted by molar-refractivity contribution is 5.77. The predicted octanol–water partition coefficient (Wildman–Crippen LogP) is 4.37. The van der Waals surface area contributed by atoms with Crippen molar-refractivity contribution >= 4 is 11.0 Å². The second-order valence-corrected chi connectivity index (χ2v) is 6.00. The Balaban J connectivity index is 2.01. The van der Waals surface area contributed by atoms with Crippen molar-refractivity contribution in [1.82, 2.24) is 4.90 Å². The number of hydrogen-bond donors (Lipinski definition) is 1. The van der Waals surface area contributed by atoms with Gasteiger partial charge in [0.05, 0.1) is 0 Å². The second kappa shape index (κ2) is 7.62. The molecule has 116 valence electrons. The SMILES string of the molecule is CCCCCN(CC(O)c1cc2ccccc2o1)C(C)C. The Morgan fingerprint density at radius 2 is 1.95 bits per heavy atom. The van der Waals surface area contributed by atoms with E-state index in [0.29, 0.717) is 18.3 Å². The summed E-state index contributed by atoms with van der Waals surface area (Å²) in [6, 6.07) is 10.3. The molecule has 1 aromatic heterocycles. The van der Waals surface area contributed by atoms with Crippen LogP contribution in [-0.2, 0) is 0 Å². The third-order valence-corrected chi connectivity index (χ3v) is 3.96. The second-order valence-electron chi connectivity index (χ2n) is 6.00. The molecule has 0 fully saturated rings. The van der Waals surface area contributed by atoms with Crippen LogP contribution in [0.1, 0.15) is 51.9 Å².